The number of hydrogen-bond donors (Lipinski definition) is 0. The van der Waals surface area contributed by atoms with E-state index in [2.05, 4.69) is 6.07 Å². The number of para-hydroxylation sites is 1. The lowest BCUT2D eigenvalue weighted by Gasteiger charge is -2.38. The van der Waals surface area contributed by atoms with E-state index < -0.39 is 12.2 Å². The molecule has 0 unspecified atom stereocenters. The molecule has 3 heterocycles. The van der Waals surface area contributed by atoms with Crippen LogP contribution in [0.5, 0.6) is 11.5 Å². The van der Waals surface area contributed by atoms with E-state index in [4.69, 9.17) is 19.0 Å². The van der Waals surface area contributed by atoms with Gasteiger partial charge in [0.25, 0.3) is 0 Å². The minimum absolute atomic E-state index is 0.0472. The lowest BCUT2D eigenvalue weighted by Crippen LogP contribution is -2.33. The SMILES string of the molecule is Cc1ccc(C2=NN3[C@H](C2)c2ccccc2O[C@H]3c2ccc(OC(=O)c3ccccc3)cc2)o1. The Morgan fingerprint density at radius 2 is 1.71 bits per heavy atom. The average molecular weight is 450 g/mol. The van der Waals surface area contributed by atoms with E-state index in [1.807, 2.05) is 72.6 Å². The summed E-state index contributed by atoms with van der Waals surface area (Å²) in [7, 11) is 0. The van der Waals surface area contributed by atoms with Crippen LogP contribution in [0.15, 0.2) is 101 Å². The number of ether oxygens (including phenoxy) is 2. The molecule has 1 aromatic heterocycles. The maximum atomic E-state index is 12.4. The fourth-order valence-electron chi connectivity index (χ4n) is 4.43. The fraction of sp³-hybridized carbons (Fsp3) is 0.143. The number of rotatable bonds is 4. The first-order valence-corrected chi connectivity index (χ1v) is 11.2. The predicted octanol–water partition coefficient (Wildman–Crippen LogP) is 6.05. The van der Waals surface area contributed by atoms with Crippen molar-refractivity contribution in [1.29, 1.82) is 0 Å². The lowest BCUT2D eigenvalue weighted by molar-refractivity contribution is -0.0190. The highest BCUT2D eigenvalue weighted by Gasteiger charge is 2.41. The number of carbonyl (C=O) groups excluding carboxylic acids is 1. The first kappa shape index (κ1) is 20.3. The van der Waals surface area contributed by atoms with E-state index in [0.29, 0.717) is 11.3 Å². The van der Waals surface area contributed by atoms with Crippen LogP contribution in [0.1, 0.15) is 51.7 Å². The number of aryl methyl sites for hydroxylation is 1. The van der Waals surface area contributed by atoms with Crippen LogP contribution in [0.2, 0.25) is 0 Å². The number of nitrogens with zero attached hydrogens (tertiary/aromatic N) is 2. The Morgan fingerprint density at radius 1 is 0.941 bits per heavy atom. The van der Waals surface area contributed by atoms with E-state index in [1.165, 1.54) is 0 Å². The Kier molecular flexibility index (Phi) is 4.91. The largest absolute Gasteiger partial charge is 0.464 e. The second kappa shape index (κ2) is 8.23. The van der Waals surface area contributed by atoms with Gasteiger partial charge in [-0.05, 0) is 61.5 Å². The van der Waals surface area contributed by atoms with Gasteiger partial charge in [-0.2, -0.15) is 5.10 Å². The summed E-state index contributed by atoms with van der Waals surface area (Å²) in [4.78, 5) is 12.4. The minimum atomic E-state index is -0.410. The van der Waals surface area contributed by atoms with Crippen molar-refractivity contribution in [1.82, 2.24) is 5.01 Å². The second-order valence-corrected chi connectivity index (χ2v) is 8.39. The van der Waals surface area contributed by atoms with Gasteiger partial charge in [0, 0.05) is 17.5 Å². The molecule has 0 N–H and O–H groups in total. The van der Waals surface area contributed by atoms with Crippen LogP contribution in [0, 0.1) is 6.92 Å². The zero-order valence-corrected chi connectivity index (χ0v) is 18.5. The number of furan rings is 1. The zero-order valence-electron chi connectivity index (χ0n) is 18.5. The smallest absolute Gasteiger partial charge is 0.343 e. The molecule has 0 aliphatic carbocycles. The van der Waals surface area contributed by atoms with Gasteiger partial charge in [-0.25, -0.2) is 9.80 Å². The summed E-state index contributed by atoms with van der Waals surface area (Å²) < 4.78 is 17.8. The third-order valence-corrected chi connectivity index (χ3v) is 6.11. The van der Waals surface area contributed by atoms with Crippen LogP contribution in [0.3, 0.4) is 0 Å². The van der Waals surface area contributed by atoms with Gasteiger partial charge in [-0.3, -0.25) is 0 Å². The van der Waals surface area contributed by atoms with Crippen molar-refractivity contribution in [2.75, 3.05) is 0 Å². The number of fused-ring (bicyclic) bond motifs is 3. The van der Waals surface area contributed by atoms with E-state index in [9.17, 15) is 4.79 Å². The minimum Gasteiger partial charge on any atom is -0.464 e. The van der Waals surface area contributed by atoms with Gasteiger partial charge in [-0.1, -0.05) is 36.4 Å². The molecule has 0 bridgehead atoms. The molecule has 6 nitrogen and oxygen atoms in total. The zero-order chi connectivity index (χ0) is 23.1. The lowest BCUT2D eigenvalue weighted by atomic mass is 9.97. The average Bonchev–Trinajstić information content (AvgIpc) is 3.51. The molecule has 2 aliphatic rings. The fourth-order valence-corrected chi connectivity index (χ4v) is 4.43. The first-order chi connectivity index (χ1) is 16.7. The Bertz CT molecular complexity index is 1380. The molecule has 0 saturated carbocycles. The third kappa shape index (κ3) is 3.63. The summed E-state index contributed by atoms with van der Waals surface area (Å²) in [6.45, 7) is 1.93. The number of carbonyl (C=O) groups is 1. The maximum Gasteiger partial charge on any atom is 0.343 e. The third-order valence-electron chi connectivity index (χ3n) is 6.11. The van der Waals surface area contributed by atoms with E-state index in [-0.39, 0.29) is 6.04 Å². The molecular formula is C28H22N2O4. The highest BCUT2D eigenvalue weighted by molar-refractivity contribution is 5.99. The van der Waals surface area contributed by atoms with Crippen LogP contribution >= 0.6 is 0 Å². The van der Waals surface area contributed by atoms with Gasteiger partial charge in [0.15, 0.2) is 0 Å². The number of hydrogen-bond acceptors (Lipinski definition) is 6. The Balaban J connectivity index is 1.29. The molecule has 6 heteroatoms. The molecule has 34 heavy (non-hydrogen) atoms. The Hall–Kier alpha value is -4.32. The van der Waals surface area contributed by atoms with Crippen molar-refractivity contribution in [2.45, 2.75) is 25.6 Å². The van der Waals surface area contributed by atoms with Gasteiger partial charge in [0.05, 0.1) is 11.6 Å². The van der Waals surface area contributed by atoms with E-state index in [0.717, 1.165) is 40.5 Å². The molecule has 168 valence electrons. The molecule has 4 aromatic rings. The quantitative estimate of drug-likeness (QED) is 0.280. The van der Waals surface area contributed by atoms with Crippen molar-refractivity contribution >= 4 is 11.7 Å². The van der Waals surface area contributed by atoms with Crippen molar-refractivity contribution in [3.63, 3.8) is 0 Å². The molecule has 0 spiro atoms. The first-order valence-electron chi connectivity index (χ1n) is 11.2. The van der Waals surface area contributed by atoms with Crippen LogP contribution in [0.4, 0.5) is 0 Å². The highest BCUT2D eigenvalue weighted by Crippen LogP contribution is 2.47. The molecule has 0 amide bonds. The van der Waals surface area contributed by atoms with Crippen LogP contribution in [-0.4, -0.2) is 16.7 Å². The van der Waals surface area contributed by atoms with Crippen molar-refractivity contribution in [3.05, 3.63) is 119 Å². The summed E-state index contributed by atoms with van der Waals surface area (Å²) in [6.07, 6.45) is 0.323. The standard InChI is InChI=1S/C28H22N2O4/c1-18-11-16-26(32-18)23-17-24-22-9-5-6-10-25(22)34-27(30(24)29-23)19-12-14-21(15-13-19)33-28(31)20-7-3-2-4-8-20/h2-16,24,27H,17H2,1H3/t24-,27+/m1/s1. The topological polar surface area (TPSA) is 64.3 Å². The van der Waals surface area contributed by atoms with Gasteiger partial charge < -0.3 is 13.9 Å². The van der Waals surface area contributed by atoms with Crippen LogP contribution < -0.4 is 9.47 Å². The van der Waals surface area contributed by atoms with Gasteiger partial charge in [0.2, 0.25) is 6.23 Å². The van der Waals surface area contributed by atoms with E-state index in [1.54, 1.807) is 24.3 Å². The van der Waals surface area contributed by atoms with Crippen molar-refractivity contribution < 1.29 is 18.7 Å². The Labute approximate surface area is 197 Å². The summed E-state index contributed by atoms with van der Waals surface area (Å²) in [5, 5.41) is 6.91. The Morgan fingerprint density at radius 3 is 2.47 bits per heavy atom. The summed E-state index contributed by atoms with van der Waals surface area (Å²) in [5.41, 5.74) is 3.43. The summed E-state index contributed by atoms with van der Waals surface area (Å²) in [6, 6.07) is 28.4. The molecule has 0 saturated heterocycles. The highest BCUT2D eigenvalue weighted by atomic mass is 16.5. The normalized spacial score (nSPS) is 18.5. The molecule has 0 radical (unpaired) electrons. The van der Waals surface area contributed by atoms with E-state index >= 15 is 0 Å². The molecular weight excluding hydrogens is 428 g/mol. The monoisotopic (exact) mass is 450 g/mol. The molecule has 2 atom stereocenters. The number of esters is 1. The second-order valence-electron chi connectivity index (χ2n) is 8.39. The molecule has 3 aromatic carbocycles. The number of benzene rings is 3. The van der Waals surface area contributed by atoms with Crippen molar-refractivity contribution in [2.24, 2.45) is 5.10 Å². The molecule has 0 fully saturated rings. The molecule has 6 rings (SSSR count). The molecule has 2 aliphatic heterocycles. The van der Waals surface area contributed by atoms with Gasteiger partial charge in [0.1, 0.15) is 28.7 Å². The van der Waals surface area contributed by atoms with Crippen molar-refractivity contribution in [3.8, 4) is 11.5 Å². The summed E-state index contributed by atoms with van der Waals surface area (Å²) in [5.74, 6) is 2.57. The van der Waals surface area contributed by atoms with Gasteiger partial charge in [-0.15, -0.1) is 0 Å². The van der Waals surface area contributed by atoms with Gasteiger partial charge >= 0.3 is 5.97 Å². The van der Waals surface area contributed by atoms with Crippen LogP contribution in [-0.2, 0) is 0 Å². The maximum absolute atomic E-state index is 12.4. The summed E-state index contributed by atoms with van der Waals surface area (Å²) >= 11 is 0. The number of hydrazone groups is 1. The van der Waals surface area contributed by atoms with Crippen LogP contribution in [0.25, 0.3) is 0 Å². The predicted molar refractivity (Wildman–Crippen MR) is 127 cm³/mol.